The van der Waals surface area contributed by atoms with Crippen LogP contribution in [0, 0.1) is 18.3 Å². The van der Waals surface area contributed by atoms with Crippen molar-refractivity contribution in [2.75, 3.05) is 5.32 Å². The minimum absolute atomic E-state index is 0.0434. The Balaban J connectivity index is 2.24. The molecule has 1 N–H and O–H groups in total. The summed E-state index contributed by atoms with van der Waals surface area (Å²) < 4.78 is 0. The highest BCUT2D eigenvalue weighted by atomic mass is 32.2. The van der Waals surface area contributed by atoms with Gasteiger partial charge in [0.1, 0.15) is 11.1 Å². The number of nitrogens with one attached hydrogen (secondary N) is 1. The monoisotopic (exact) mass is 381 g/mol. The Bertz CT molecular complexity index is 842. The quantitative estimate of drug-likeness (QED) is 0.631. The van der Waals surface area contributed by atoms with Crippen LogP contribution in [0.5, 0.6) is 0 Å². The highest BCUT2D eigenvalue weighted by Gasteiger charge is 2.22. The molecule has 0 aliphatic carbocycles. The van der Waals surface area contributed by atoms with Gasteiger partial charge in [0.05, 0.1) is 10.8 Å². The van der Waals surface area contributed by atoms with Gasteiger partial charge in [-0.05, 0) is 49.4 Å². The number of carbonyl (C=O) groups excluding carboxylic acids is 1. The molecular weight excluding hydrogens is 354 g/mol. The van der Waals surface area contributed by atoms with Crippen molar-refractivity contribution in [3.05, 3.63) is 52.7 Å². The van der Waals surface area contributed by atoms with E-state index < -0.39 is 0 Å². The third-order valence-corrected chi connectivity index (χ3v) is 5.82. The van der Waals surface area contributed by atoms with Crippen LogP contribution in [0.25, 0.3) is 0 Å². The van der Waals surface area contributed by atoms with Crippen molar-refractivity contribution in [1.29, 1.82) is 5.26 Å². The maximum Gasteiger partial charge on any atom is 0.237 e. The minimum Gasteiger partial charge on any atom is -0.325 e. The van der Waals surface area contributed by atoms with Crippen LogP contribution in [0.2, 0.25) is 0 Å². The fraction of sp³-hybridized carbons (Fsp3) is 0.409. The van der Waals surface area contributed by atoms with Crippen molar-refractivity contribution in [3.8, 4) is 6.07 Å². The molecule has 0 spiro atoms. The summed E-state index contributed by atoms with van der Waals surface area (Å²) in [7, 11) is 0. The molecule has 0 radical (unpaired) electrons. The molecule has 1 atom stereocenters. The Hall–Kier alpha value is -2.32. The van der Waals surface area contributed by atoms with E-state index in [1.807, 2.05) is 44.2 Å². The zero-order chi connectivity index (χ0) is 19.8. The number of amides is 1. The predicted octanol–water partition coefficient (Wildman–Crippen LogP) is 5.29. The van der Waals surface area contributed by atoms with Crippen LogP contribution in [0.4, 0.5) is 5.69 Å². The first-order valence-corrected chi connectivity index (χ1v) is 10.4. The summed E-state index contributed by atoms with van der Waals surface area (Å²) in [6.45, 7) is 8.17. The zero-order valence-corrected chi connectivity index (χ0v) is 17.3. The highest BCUT2D eigenvalue weighted by Crippen LogP contribution is 2.29. The van der Waals surface area contributed by atoms with Crippen LogP contribution in [-0.2, 0) is 17.6 Å². The summed E-state index contributed by atoms with van der Waals surface area (Å²) in [6, 6.07) is 12.0. The molecular formula is C22H27N3OS. The average molecular weight is 382 g/mol. The number of nitrogens with zero attached hydrogens (tertiary/aromatic N) is 2. The van der Waals surface area contributed by atoms with Crippen LogP contribution in [0.3, 0.4) is 0 Å². The third-order valence-electron chi connectivity index (χ3n) is 4.45. The molecule has 2 aromatic rings. The smallest absolute Gasteiger partial charge is 0.237 e. The lowest BCUT2D eigenvalue weighted by molar-refractivity contribution is -0.115. The van der Waals surface area contributed by atoms with Gasteiger partial charge in [-0.2, -0.15) is 5.26 Å². The van der Waals surface area contributed by atoms with Crippen LogP contribution in [-0.4, -0.2) is 16.1 Å². The maximum atomic E-state index is 12.9. The number of benzene rings is 1. The second-order valence-electron chi connectivity index (χ2n) is 6.48. The lowest BCUT2D eigenvalue weighted by Crippen LogP contribution is -2.26. The Morgan fingerprint density at radius 2 is 2.04 bits per heavy atom. The zero-order valence-electron chi connectivity index (χ0n) is 16.5. The first-order valence-electron chi connectivity index (χ1n) is 9.49. The van der Waals surface area contributed by atoms with E-state index in [2.05, 4.69) is 30.2 Å². The number of aromatic nitrogens is 1. The number of rotatable bonds is 8. The fourth-order valence-corrected chi connectivity index (χ4v) is 3.92. The maximum absolute atomic E-state index is 12.9. The number of nitriles is 1. The van der Waals surface area contributed by atoms with Crippen molar-refractivity contribution < 1.29 is 4.79 Å². The number of pyridine rings is 1. The van der Waals surface area contributed by atoms with Gasteiger partial charge < -0.3 is 5.32 Å². The van der Waals surface area contributed by atoms with E-state index in [0.29, 0.717) is 17.0 Å². The molecule has 0 bridgehead atoms. The van der Waals surface area contributed by atoms with Crippen LogP contribution in [0.1, 0.15) is 56.0 Å². The topological polar surface area (TPSA) is 65.8 Å². The molecule has 1 unspecified atom stereocenters. The molecule has 0 saturated heterocycles. The molecule has 1 aromatic heterocycles. The van der Waals surface area contributed by atoms with Gasteiger partial charge >= 0.3 is 0 Å². The van der Waals surface area contributed by atoms with Crippen LogP contribution in [0.15, 0.2) is 35.4 Å². The van der Waals surface area contributed by atoms with Crippen LogP contribution < -0.4 is 5.32 Å². The SMILES string of the molecule is CCCc1ccc(C#N)c(SC(CC)C(=O)Nc2c(C)cccc2CC)n1. The molecule has 2 rings (SSSR count). The van der Waals surface area contributed by atoms with Gasteiger partial charge in [-0.15, -0.1) is 0 Å². The van der Waals surface area contributed by atoms with Gasteiger partial charge in [-0.25, -0.2) is 4.98 Å². The second-order valence-corrected chi connectivity index (χ2v) is 7.68. The summed E-state index contributed by atoms with van der Waals surface area (Å²) in [5, 5.41) is 12.9. The minimum atomic E-state index is -0.300. The second kappa shape index (κ2) is 10.1. The van der Waals surface area contributed by atoms with Crippen molar-refractivity contribution in [1.82, 2.24) is 4.98 Å². The molecule has 0 aliphatic rings. The Labute approximate surface area is 166 Å². The molecule has 142 valence electrons. The summed E-state index contributed by atoms with van der Waals surface area (Å²) in [6.07, 6.45) is 3.38. The lowest BCUT2D eigenvalue weighted by atomic mass is 10.1. The molecule has 4 nitrogen and oxygen atoms in total. The molecule has 27 heavy (non-hydrogen) atoms. The summed E-state index contributed by atoms with van der Waals surface area (Å²) >= 11 is 1.38. The fourth-order valence-electron chi connectivity index (χ4n) is 2.91. The van der Waals surface area contributed by atoms with Gasteiger partial charge in [-0.3, -0.25) is 4.79 Å². The number of para-hydroxylation sites is 1. The van der Waals surface area contributed by atoms with Gasteiger partial charge in [0, 0.05) is 11.4 Å². The van der Waals surface area contributed by atoms with Crippen molar-refractivity contribution >= 4 is 23.4 Å². The molecule has 1 amide bonds. The van der Waals surface area contributed by atoms with E-state index in [4.69, 9.17) is 0 Å². The summed E-state index contributed by atoms with van der Waals surface area (Å²) in [5.41, 5.74) is 4.57. The molecule has 0 fully saturated rings. The molecule has 1 aromatic carbocycles. The number of anilines is 1. The standard InChI is InChI=1S/C22H27N3OS/c1-5-9-18-13-12-17(14-23)22(24-18)27-19(7-3)21(26)25-20-15(4)10-8-11-16(20)6-2/h8,10-13,19H,5-7,9H2,1-4H3,(H,25,26). The molecule has 0 saturated carbocycles. The number of carbonyl (C=O) groups is 1. The van der Waals surface area contributed by atoms with Crippen molar-refractivity contribution in [3.63, 3.8) is 0 Å². The average Bonchev–Trinajstić information content (AvgIpc) is 2.68. The first kappa shape index (κ1) is 21.0. The number of hydrogen-bond acceptors (Lipinski definition) is 4. The predicted molar refractivity (Wildman–Crippen MR) is 112 cm³/mol. The van der Waals surface area contributed by atoms with Crippen molar-refractivity contribution in [2.24, 2.45) is 0 Å². The van der Waals surface area contributed by atoms with E-state index in [1.165, 1.54) is 11.8 Å². The summed E-state index contributed by atoms with van der Waals surface area (Å²) in [4.78, 5) is 17.6. The number of hydrogen-bond donors (Lipinski definition) is 1. The highest BCUT2D eigenvalue weighted by molar-refractivity contribution is 8.00. The molecule has 1 heterocycles. The number of aryl methyl sites for hydroxylation is 3. The lowest BCUT2D eigenvalue weighted by Gasteiger charge is -2.18. The van der Waals surface area contributed by atoms with Gasteiger partial charge in [0.25, 0.3) is 0 Å². The summed E-state index contributed by atoms with van der Waals surface area (Å²) in [5.74, 6) is -0.0434. The molecule has 0 aliphatic heterocycles. The Kier molecular flexibility index (Phi) is 7.87. The van der Waals surface area contributed by atoms with E-state index >= 15 is 0 Å². The van der Waals surface area contributed by atoms with Gasteiger partial charge in [-0.1, -0.05) is 57.2 Å². The van der Waals surface area contributed by atoms with E-state index in [1.54, 1.807) is 0 Å². The van der Waals surface area contributed by atoms with Crippen LogP contribution >= 0.6 is 11.8 Å². The number of thioether (sulfide) groups is 1. The largest absolute Gasteiger partial charge is 0.325 e. The van der Waals surface area contributed by atoms with Gasteiger partial charge in [0.15, 0.2) is 0 Å². The van der Waals surface area contributed by atoms with E-state index in [0.717, 1.165) is 41.8 Å². The molecule has 5 heteroatoms. The normalized spacial score (nSPS) is 11.7. The van der Waals surface area contributed by atoms with E-state index in [9.17, 15) is 10.1 Å². The van der Waals surface area contributed by atoms with E-state index in [-0.39, 0.29) is 11.2 Å². The third kappa shape index (κ3) is 5.33. The van der Waals surface area contributed by atoms with Crippen molar-refractivity contribution in [2.45, 2.75) is 63.7 Å². The Morgan fingerprint density at radius 1 is 1.26 bits per heavy atom. The Morgan fingerprint density at radius 3 is 2.67 bits per heavy atom. The first-order chi connectivity index (χ1) is 13.0. The van der Waals surface area contributed by atoms with Gasteiger partial charge in [0.2, 0.25) is 5.91 Å².